The Balaban J connectivity index is 1.24. The maximum atomic E-state index is 14.3. The predicted octanol–water partition coefficient (Wildman–Crippen LogP) is 6.25. The molecular formula is C30H42FN3O2. The smallest absolute Gasteiger partial charge is 0.157 e. The molecular weight excluding hydrogens is 453 g/mol. The van der Waals surface area contributed by atoms with Gasteiger partial charge in [-0.3, -0.25) is 4.79 Å². The summed E-state index contributed by atoms with van der Waals surface area (Å²) in [6.07, 6.45) is 11.2. The lowest BCUT2D eigenvalue weighted by molar-refractivity contribution is -0.158. The number of fused-ring (bicyclic) bond motifs is 6. The van der Waals surface area contributed by atoms with Gasteiger partial charge in [-0.15, -0.1) is 5.10 Å². The summed E-state index contributed by atoms with van der Waals surface area (Å²) in [4.78, 5) is 13.8. The van der Waals surface area contributed by atoms with Gasteiger partial charge in [0.05, 0.1) is 11.1 Å². The SMILES string of the molecule is CC[C@]12CC[C@@](C)(O)C[C@@H]1CC[C@H]1[C@@H]3CC[C@H](C(=O)Cn4nnc5c(F)cc(C)cc54)[C@@]3(C)CC[C@@H]12. The quantitative estimate of drug-likeness (QED) is 0.545. The molecule has 4 aliphatic carbocycles. The fraction of sp³-hybridized carbons (Fsp3) is 0.767. The van der Waals surface area contributed by atoms with Crippen molar-refractivity contribution in [1.82, 2.24) is 15.0 Å². The fourth-order valence-corrected chi connectivity index (χ4v) is 10.0. The highest BCUT2D eigenvalue weighted by molar-refractivity contribution is 5.84. The van der Waals surface area contributed by atoms with E-state index in [1.54, 1.807) is 4.68 Å². The highest BCUT2D eigenvalue weighted by atomic mass is 19.1. The summed E-state index contributed by atoms with van der Waals surface area (Å²) in [5.74, 6) is 2.57. The molecule has 1 aromatic heterocycles. The number of halogens is 1. The number of rotatable bonds is 4. The lowest BCUT2D eigenvalue weighted by Crippen LogP contribution is -2.56. The topological polar surface area (TPSA) is 68.0 Å². The van der Waals surface area contributed by atoms with E-state index >= 15 is 0 Å². The summed E-state index contributed by atoms with van der Waals surface area (Å²) in [5, 5.41) is 19.0. The molecule has 4 aliphatic rings. The molecule has 0 aliphatic heterocycles. The molecule has 4 fully saturated rings. The summed E-state index contributed by atoms with van der Waals surface area (Å²) >= 11 is 0. The highest BCUT2D eigenvalue weighted by Gasteiger charge is 2.62. The minimum atomic E-state index is -0.503. The molecule has 6 heteroatoms. The first-order valence-electron chi connectivity index (χ1n) is 14.3. The first kappa shape index (κ1) is 24.5. The number of aliphatic hydroxyl groups is 1. The van der Waals surface area contributed by atoms with Gasteiger partial charge in [-0.1, -0.05) is 19.1 Å². The Labute approximate surface area is 214 Å². The van der Waals surface area contributed by atoms with Crippen LogP contribution in [0.3, 0.4) is 0 Å². The third-order valence-electron chi connectivity index (χ3n) is 11.7. The number of nitrogens with zero attached hydrogens (tertiary/aromatic N) is 3. The van der Waals surface area contributed by atoms with Gasteiger partial charge >= 0.3 is 0 Å². The normalized spacial score (nSPS) is 42.1. The number of hydrogen-bond donors (Lipinski definition) is 1. The zero-order valence-electron chi connectivity index (χ0n) is 22.4. The maximum absolute atomic E-state index is 14.3. The second-order valence-corrected chi connectivity index (χ2v) is 13.4. The molecule has 0 amide bonds. The van der Waals surface area contributed by atoms with E-state index in [0.29, 0.717) is 28.7 Å². The summed E-state index contributed by atoms with van der Waals surface area (Å²) in [5.41, 5.74) is 1.58. The van der Waals surface area contributed by atoms with Gasteiger partial charge in [0.25, 0.3) is 0 Å². The largest absolute Gasteiger partial charge is 0.390 e. The third kappa shape index (κ3) is 3.53. The van der Waals surface area contributed by atoms with Gasteiger partial charge in [0.15, 0.2) is 11.6 Å². The molecule has 196 valence electrons. The zero-order valence-corrected chi connectivity index (χ0v) is 22.4. The van der Waals surface area contributed by atoms with Crippen LogP contribution in [0.2, 0.25) is 0 Å². The third-order valence-corrected chi connectivity index (χ3v) is 11.7. The van der Waals surface area contributed by atoms with Crippen LogP contribution in [0.15, 0.2) is 12.1 Å². The number of carbonyl (C=O) groups excluding carboxylic acids is 1. The van der Waals surface area contributed by atoms with Crippen LogP contribution < -0.4 is 0 Å². The monoisotopic (exact) mass is 495 g/mol. The van der Waals surface area contributed by atoms with E-state index in [2.05, 4.69) is 24.2 Å². The van der Waals surface area contributed by atoms with Crippen LogP contribution in [0.4, 0.5) is 4.39 Å². The Morgan fingerprint density at radius 3 is 2.69 bits per heavy atom. The van der Waals surface area contributed by atoms with Crippen LogP contribution in [0, 0.1) is 53.2 Å². The summed E-state index contributed by atoms with van der Waals surface area (Å²) < 4.78 is 16.0. The van der Waals surface area contributed by atoms with E-state index in [1.807, 2.05) is 19.9 Å². The van der Waals surface area contributed by atoms with Crippen molar-refractivity contribution in [1.29, 1.82) is 0 Å². The van der Waals surface area contributed by atoms with Crippen LogP contribution in [0.5, 0.6) is 0 Å². The van der Waals surface area contributed by atoms with Crippen molar-refractivity contribution in [3.8, 4) is 0 Å². The Hall–Kier alpha value is -1.82. The minimum absolute atomic E-state index is 0.0394. The van der Waals surface area contributed by atoms with Crippen LogP contribution >= 0.6 is 0 Å². The van der Waals surface area contributed by atoms with Gasteiger partial charge in [0, 0.05) is 5.92 Å². The molecule has 36 heavy (non-hydrogen) atoms. The van der Waals surface area contributed by atoms with E-state index in [4.69, 9.17) is 0 Å². The molecule has 0 bridgehead atoms. The van der Waals surface area contributed by atoms with Crippen molar-refractivity contribution in [3.05, 3.63) is 23.5 Å². The van der Waals surface area contributed by atoms with Crippen LogP contribution in [0.25, 0.3) is 11.0 Å². The second kappa shape index (κ2) is 8.34. The molecule has 1 aromatic carbocycles. The number of aromatic nitrogens is 3. The van der Waals surface area contributed by atoms with E-state index in [1.165, 1.54) is 31.7 Å². The van der Waals surface area contributed by atoms with Crippen molar-refractivity contribution in [2.45, 2.75) is 104 Å². The van der Waals surface area contributed by atoms with Gasteiger partial charge in [-0.05, 0) is 130 Å². The number of hydrogen-bond acceptors (Lipinski definition) is 4. The van der Waals surface area contributed by atoms with Crippen LogP contribution in [0.1, 0.15) is 90.5 Å². The number of Topliss-reactive ketones (excluding diaryl/α,β-unsaturated/α-hetero) is 1. The van der Waals surface area contributed by atoms with E-state index in [9.17, 15) is 14.3 Å². The summed E-state index contributed by atoms with van der Waals surface area (Å²) in [7, 11) is 0. The number of aryl methyl sites for hydroxylation is 1. The van der Waals surface area contributed by atoms with Crippen molar-refractivity contribution in [2.24, 2.45) is 40.4 Å². The molecule has 5 nitrogen and oxygen atoms in total. The van der Waals surface area contributed by atoms with Gasteiger partial charge in [0.1, 0.15) is 12.1 Å². The van der Waals surface area contributed by atoms with Gasteiger partial charge in [0.2, 0.25) is 0 Å². The first-order chi connectivity index (χ1) is 17.1. The lowest BCUT2D eigenvalue weighted by Gasteiger charge is -2.63. The van der Waals surface area contributed by atoms with E-state index < -0.39 is 5.60 Å². The maximum Gasteiger partial charge on any atom is 0.157 e. The second-order valence-electron chi connectivity index (χ2n) is 13.4. The van der Waals surface area contributed by atoms with Crippen molar-refractivity contribution < 1.29 is 14.3 Å². The van der Waals surface area contributed by atoms with Gasteiger partial charge in [-0.25, -0.2) is 9.07 Å². The first-order valence-corrected chi connectivity index (χ1v) is 14.3. The molecule has 8 atom stereocenters. The zero-order chi connectivity index (χ0) is 25.5. The summed E-state index contributed by atoms with van der Waals surface area (Å²) in [6, 6.07) is 3.34. The average Bonchev–Trinajstić information content (AvgIpc) is 3.39. The number of carbonyl (C=O) groups is 1. The molecule has 1 heterocycles. The van der Waals surface area contributed by atoms with Crippen molar-refractivity contribution >= 4 is 16.8 Å². The summed E-state index contributed by atoms with van der Waals surface area (Å²) in [6.45, 7) is 8.85. The van der Waals surface area contributed by atoms with Gasteiger partial charge in [-0.2, -0.15) is 0 Å². The molecule has 2 aromatic rings. The van der Waals surface area contributed by atoms with E-state index in [0.717, 1.165) is 50.0 Å². The Morgan fingerprint density at radius 2 is 1.92 bits per heavy atom. The fourth-order valence-electron chi connectivity index (χ4n) is 10.0. The standard InChI is InChI=1S/C30H42FN3O2/c1-5-30-13-12-28(3,36)16-19(30)6-7-20-21-8-9-23(29(21,4)11-10-22(20)30)26(35)17-34-25-15-18(2)14-24(31)27(25)32-33-34/h14-15,19-23,36H,5-13,16-17H2,1-4H3/t19-,20-,21-,22-,23+,28+,29-,30-/m0/s1. The molecule has 6 rings (SSSR count). The average molecular weight is 496 g/mol. The number of ketones is 1. The molecule has 0 unspecified atom stereocenters. The molecule has 1 N–H and O–H groups in total. The van der Waals surface area contributed by atoms with Gasteiger partial charge < -0.3 is 5.11 Å². The Morgan fingerprint density at radius 1 is 1.11 bits per heavy atom. The highest BCUT2D eigenvalue weighted by Crippen LogP contribution is 2.69. The molecule has 0 radical (unpaired) electrons. The predicted molar refractivity (Wildman–Crippen MR) is 138 cm³/mol. The van der Waals surface area contributed by atoms with Crippen LogP contribution in [-0.2, 0) is 11.3 Å². The van der Waals surface area contributed by atoms with E-state index in [-0.39, 0.29) is 35.0 Å². The van der Waals surface area contributed by atoms with Crippen molar-refractivity contribution in [3.63, 3.8) is 0 Å². The van der Waals surface area contributed by atoms with Crippen molar-refractivity contribution in [2.75, 3.05) is 0 Å². The Kier molecular flexibility index (Phi) is 5.68. The lowest BCUT2D eigenvalue weighted by atomic mass is 9.42. The minimum Gasteiger partial charge on any atom is -0.390 e. The number of benzene rings is 1. The molecule has 4 saturated carbocycles. The molecule has 0 saturated heterocycles. The Bertz CT molecular complexity index is 1190. The van der Waals surface area contributed by atoms with Crippen LogP contribution in [-0.4, -0.2) is 31.5 Å². The molecule has 0 spiro atoms.